The van der Waals surface area contributed by atoms with Gasteiger partial charge in [0.2, 0.25) is 5.88 Å². The van der Waals surface area contributed by atoms with Crippen LogP contribution in [0.2, 0.25) is 0 Å². The molecule has 2 aromatic heterocycles. The minimum atomic E-state index is -0.332. The summed E-state index contributed by atoms with van der Waals surface area (Å²) < 4.78 is 20.4. The first-order valence-corrected chi connectivity index (χ1v) is 11.4. The predicted octanol–water partition coefficient (Wildman–Crippen LogP) is 5.03. The highest BCUT2D eigenvalue weighted by Gasteiger charge is 2.49. The zero-order valence-electron chi connectivity index (χ0n) is 17.5. The van der Waals surface area contributed by atoms with E-state index in [1.54, 1.807) is 24.4 Å². The van der Waals surface area contributed by atoms with Crippen molar-refractivity contribution in [3.63, 3.8) is 0 Å². The van der Waals surface area contributed by atoms with E-state index in [-0.39, 0.29) is 29.7 Å². The number of rotatable bonds is 5. The lowest BCUT2D eigenvalue weighted by Crippen LogP contribution is -2.37. The third-order valence-corrected chi connectivity index (χ3v) is 7.29. The van der Waals surface area contributed by atoms with Crippen molar-refractivity contribution in [1.29, 1.82) is 0 Å². The van der Waals surface area contributed by atoms with E-state index < -0.39 is 0 Å². The molecule has 0 spiro atoms. The van der Waals surface area contributed by atoms with E-state index in [4.69, 9.17) is 4.74 Å². The molecule has 0 N–H and O–H groups in total. The number of thiazole rings is 1. The Balaban J connectivity index is 1.36. The van der Waals surface area contributed by atoms with E-state index in [2.05, 4.69) is 9.97 Å². The summed E-state index contributed by atoms with van der Waals surface area (Å²) in [4.78, 5) is 25.0. The molecule has 2 saturated heterocycles. The van der Waals surface area contributed by atoms with Crippen LogP contribution in [0.5, 0.6) is 5.88 Å². The van der Waals surface area contributed by atoms with Gasteiger partial charge in [-0.25, -0.2) is 14.4 Å². The summed E-state index contributed by atoms with van der Waals surface area (Å²) in [6.07, 6.45) is 4.67. The highest BCUT2D eigenvalue weighted by molar-refractivity contribution is 7.15. The molecule has 2 aliphatic heterocycles. The molecule has 2 bridgehead atoms. The number of benzene rings is 1. The number of halogens is 1. The van der Waals surface area contributed by atoms with E-state index in [1.807, 2.05) is 30.9 Å². The Bertz CT molecular complexity index is 1110. The van der Waals surface area contributed by atoms with Crippen LogP contribution < -0.4 is 4.74 Å². The van der Waals surface area contributed by atoms with Gasteiger partial charge in [-0.15, -0.1) is 11.3 Å². The van der Waals surface area contributed by atoms with Crippen LogP contribution in [0.15, 0.2) is 42.6 Å². The molecule has 3 atom stereocenters. The molecule has 5 nitrogen and oxygen atoms in total. The maximum absolute atomic E-state index is 14.5. The SMILES string of the molecule is Cc1ccc(OCC2CC3CCC2N3C(=O)c2nc(C)sc2-c2ccccc2F)nc1. The number of hydrogen-bond acceptors (Lipinski definition) is 5. The molecule has 5 rings (SSSR count). The van der Waals surface area contributed by atoms with Crippen LogP contribution in [0.25, 0.3) is 10.4 Å². The van der Waals surface area contributed by atoms with Crippen LogP contribution in [0.4, 0.5) is 4.39 Å². The maximum atomic E-state index is 14.5. The molecular formula is C24H24FN3O2S. The number of pyridine rings is 1. The van der Waals surface area contributed by atoms with Gasteiger partial charge in [-0.05, 0) is 44.7 Å². The van der Waals surface area contributed by atoms with Crippen LogP contribution in [0, 0.1) is 25.6 Å². The van der Waals surface area contributed by atoms with Crippen LogP contribution in [0.1, 0.15) is 40.3 Å². The summed E-state index contributed by atoms with van der Waals surface area (Å²) in [6, 6.07) is 10.7. The average Bonchev–Trinajstić information content (AvgIpc) is 3.45. The summed E-state index contributed by atoms with van der Waals surface area (Å²) in [6.45, 7) is 4.39. The average molecular weight is 438 g/mol. The third kappa shape index (κ3) is 3.71. The lowest BCUT2D eigenvalue weighted by molar-refractivity contribution is 0.0705. The fourth-order valence-electron chi connectivity index (χ4n) is 4.86. The van der Waals surface area contributed by atoms with E-state index in [9.17, 15) is 9.18 Å². The number of carbonyl (C=O) groups is 1. The zero-order chi connectivity index (χ0) is 21.5. The van der Waals surface area contributed by atoms with E-state index in [1.165, 1.54) is 17.4 Å². The number of nitrogens with zero attached hydrogens (tertiary/aromatic N) is 3. The Morgan fingerprint density at radius 3 is 2.84 bits per heavy atom. The fourth-order valence-corrected chi connectivity index (χ4v) is 5.80. The quantitative estimate of drug-likeness (QED) is 0.562. The van der Waals surface area contributed by atoms with Crippen LogP contribution >= 0.6 is 11.3 Å². The Kier molecular flexibility index (Phi) is 5.22. The molecule has 3 aromatic rings. The number of aryl methyl sites for hydroxylation is 2. The van der Waals surface area contributed by atoms with Gasteiger partial charge in [-0.1, -0.05) is 24.3 Å². The minimum absolute atomic E-state index is 0.0916. The summed E-state index contributed by atoms with van der Waals surface area (Å²) in [5, 5.41) is 0.762. The first-order chi connectivity index (χ1) is 15.0. The minimum Gasteiger partial charge on any atom is -0.477 e. The molecule has 2 fully saturated rings. The topological polar surface area (TPSA) is 55.3 Å². The molecule has 0 aliphatic carbocycles. The number of hydrogen-bond donors (Lipinski definition) is 0. The number of fused-ring (bicyclic) bond motifs is 2. The number of carbonyl (C=O) groups excluding carboxylic acids is 1. The zero-order valence-corrected chi connectivity index (χ0v) is 18.4. The van der Waals surface area contributed by atoms with Gasteiger partial charge in [0.25, 0.3) is 5.91 Å². The number of amides is 1. The Hall–Kier alpha value is -2.80. The Morgan fingerprint density at radius 2 is 2.06 bits per heavy atom. The Morgan fingerprint density at radius 1 is 1.23 bits per heavy atom. The summed E-state index contributed by atoms with van der Waals surface area (Å²) in [5.74, 6) is 0.457. The third-order valence-electron chi connectivity index (χ3n) is 6.28. The van der Waals surface area contributed by atoms with E-state index in [0.717, 1.165) is 29.8 Å². The monoisotopic (exact) mass is 437 g/mol. The van der Waals surface area contributed by atoms with Crippen molar-refractivity contribution in [3.8, 4) is 16.3 Å². The molecule has 160 valence electrons. The first kappa shape index (κ1) is 20.1. The number of aromatic nitrogens is 2. The molecule has 2 aliphatic rings. The van der Waals surface area contributed by atoms with Gasteiger partial charge in [0, 0.05) is 35.8 Å². The van der Waals surface area contributed by atoms with Crippen molar-refractivity contribution in [3.05, 3.63) is 64.7 Å². The van der Waals surface area contributed by atoms with Gasteiger partial charge in [0.05, 0.1) is 16.5 Å². The summed E-state index contributed by atoms with van der Waals surface area (Å²) in [5.41, 5.74) is 1.90. The van der Waals surface area contributed by atoms with Gasteiger partial charge in [-0.3, -0.25) is 4.79 Å². The number of ether oxygens (including phenoxy) is 1. The second kappa shape index (κ2) is 8.04. The Labute approximate surface area is 184 Å². The predicted molar refractivity (Wildman–Crippen MR) is 118 cm³/mol. The van der Waals surface area contributed by atoms with Crippen molar-refractivity contribution in [2.45, 2.75) is 45.2 Å². The first-order valence-electron chi connectivity index (χ1n) is 10.6. The van der Waals surface area contributed by atoms with Crippen molar-refractivity contribution >= 4 is 17.2 Å². The van der Waals surface area contributed by atoms with Crippen molar-refractivity contribution < 1.29 is 13.9 Å². The standard InChI is InChI=1S/C24H24FN3O2S/c1-14-7-10-21(26-12-14)30-13-16-11-17-8-9-20(16)28(17)24(29)22-23(31-15(2)27-22)18-5-3-4-6-19(18)25/h3-7,10,12,16-17,20H,8-9,11,13H2,1-2H3. The molecule has 4 heterocycles. The molecular weight excluding hydrogens is 413 g/mol. The second-order valence-corrected chi connectivity index (χ2v) is 9.59. The highest BCUT2D eigenvalue weighted by atomic mass is 32.1. The molecule has 7 heteroatoms. The lowest BCUT2D eigenvalue weighted by Gasteiger charge is -2.24. The van der Waals surface area contributed by atoms with Crippen molar-refractivity contribution in [1.82, 2.24) is 14.9 Å². The van der Waals surface area contributed by atoms with Crippen LogP contribution in [0.3, 0.4) is 0 Å². The molecule has 1 amide bonds. The largest absolute Gasteiger partial charge is 0.477 e. The molecule has 31 heavy (non-hydrogen) atoms. The second-order valence-electron chi connectivity index (χ2n) is 8.38. The smallest absolute Gasteiger partial charge is 0.274 e. The van der Waals surface area contributed by atoms with E-state index in [0.29, 0.717) is 28.6 Å². The van der Waals surface area contributed by atoms with Gasteiger partial charge < -0.3 is 9.64 Å². The van der Waals surface area contributed by atoms with Crippen molar-refractivity contribution in [2.75, 3.05) is 6.61 Å². The van der Waals surface area contributed by atoms with Gasteiger partial charge in [0.1, 0.15) is 11.5 Å². The van der Waals surface area contributed by atoms with E-state index >= 15 is 0 Å². The highest BCUT2D eigenvalue weighted by Crippen LogP contribution is 2.44. The van der Waals surface area contributed by atoms with Crippen LogP contribution in [-0.4, -0.2) is 39.5 Å². The van der Waals surface area contributed by atoms with Gasteiger partial charge >= 0.3 is 0 Å². The summed E-state index contributed by atoms with van der Waals surface area (Å²) >= 11 is 1.37. The molecule has 3 unspecified atom stereocenters. The van der Waals surface area contributed by atoms with Gasteiger partial charge in [0.15, 0.2) is 0 Å². The molecule has 0 radical (unpaired) electrons. The summed E-state index contributed by atoms with van der Waals surface area (Å²) in [7, 11) is 0. The fraction of sp³-hybridized carbons (Fsp3) is 0.375. The van der Waals surface area contributed by atoms with Crippen molar-refractivity contribution in [2.24, 2.45) is 5.92 Å². The maximum Gasteiger partial charge on any atom is 0.274 e. The normalized spacial score (nSPS) is 22.2. The molecule has 1 aromatic carbocycles. The molecule has 0 saturated carbocycles. The lowest BCUT2D eigenvalue weighted by atomic mass is 9.90. The van der Waals surface area contributed by atoms with Crippen LogP contribution in [-0.2, 0) is 0 Å². The van der Waals surface area contributed by atoms with Gasteiger partial charge in [-0.2, -0.15) is 0 Å².